The third-order valence-corrected chi connectivity index (χ3v) is 4.77. The summed E-state index contributed by atoms with van der Waals surface area (Å²) < 4.78 is 5.06. The number of carbonyl (C=O) groups is 1. The Morgan fingerprint density at radius 3 is 2.52 bits per heavy atom. The maximum absolute atomic E-state index is 11.8. The summed E-state index contributed by atoms with van der Waals surface area (Å²) in [5.41, 5.74) is 1.01. The molecule has 25 heavy (non-hydrogen) atoms. The molecule has 0 aromatic carbocycles. The number of hydrogen-bond donors (Lipinski definition) is 1. The summed E-state index contributed by atoms with van der Waals surface area (Å²) in [4.78, 5) is 25.0. The number of nitrogens with one attached hydrogen (secondary N) is 1. The van der Waals surface area contributed by atoms with E-state index in [1.165, 1.54) is 0 Å². The lowest BCUT2D eigenvalue weighted by molar-refractivity contribution is 0.0914. The average Bonchev–Trinajstić information content (AvgIpc) is 3.07. The SMILES string of the molecule is CCNC(=NCc1csc(CC)n1)N1CCN(C(=O)OCC)CC1.I. The second-order valence-corrected chi connectivity index (χ2v) is 6.37. The van der Waals surface area contributed by atoms with Gasteiger partial charge in [0.05, 0.1) is 23.9 Å². The number of amides is 1. The minimum atomic E-state index is -0.228. The van der Waals surface area contributed by atoms with Crippen LogP contribution in [0.1, 0.15) is 31.5 Å². The van der Waals surface area contributed by atoms with E-state index in [1.807, 2.05) is 6.92 Å². The first-order valence-electron chi connectivity index (χ1n) is 8.56. The quantitative estimate of drug-likeness (QED) is 0.398. The number of ether oxygens (including phenoxy) is 1. The van der Waals surface area contributed by atoms with Gasteiger partial charge in [-0.1, -0.05) is 6.92 Å². The Morgan fingerprint density at radius 2 is 1.96 bits per heavy atom. The molecule has 1 fully saturated rings. The lowest BCUT2D eigenvalue weighted by Crippen LogP contribution is -2.53. The predicted molar refractivity (Wildman–Crippen MR) is 112 cm³/mol. The number of guanidine groups is 1. The van der Waals surface area contributed by atoms with Crippen molar-refractivity contribution in [2.75, 3.05) is 39.3 Å². The molecule has 0 atom stereocenters. The van der Waals surface area contributed by atoms with Gasteiger partial charge in [-0.25, -0.2) is 14.8 Å². The minimum absolute atomic E-state index is 0. The molecule has 0 aliphatic carbocycles. The van der Waals surface area contributed by atoms with Crippen LogP contribution >= 0.6 is 35.3 Å². The van der Waals surface area contributed by atoms with Crippen LogP contribution in [0.4, 0.5) is 4.79 Å². The number of rotatable bonds is 5. The molecule has 7 nitrogen and oxygen atoms in total. The second-order valence-electron chi connectivity index (χ2n) is 5.43. The Hall–Kier alpha value is -1.10. The molecule has 1 aromatic heterocycles. The van der Waals surface area contributed by atoms with Gasteiger partial charge in [0.15, 0.2) is 5.96 Å². The smallest absolute Gasteiger partial charge is 0.409 e. The van der Waals surface area contributed by atoms with Gasteiger partial charge >= 0.3 is 6.09 Å². The lowest BCUT2D eigenvalue weighted by Gasteiger charge is -2.35. The van der Waals surface area contributed by atoms with Crippen molar-refractivity contribution in [2.24, 2.45) is 4.99 Å². The van der Waals surface area contributed by atoms with Crippen molar-refractivity contribution in [3.05, 3.63) is 16.1 Å². The molecule has 1 aromatic rings. The van der Waals surface area contributed by atoms with E-state index in [4.69, 9.17) is 9.73 Å². The maximum atomic E-state index is 11.8. The van der Waals surface area contributed by atoms with Gasteiger partial charge in [-0.15, -0.1) is 35.3 Å². The van der Waals surface area contributed by atoms with Crippen LogP contribution in [0, 0.1) is 0 Å². The molecule has 9 heteroatoms. The number of carbonyl (C=O) groups excluding carboxylic acids is 1. The average molecular weight is 481 g/mol. The van der Waals surface area contributed by atoms with Gasteiger partial charge in [0, 0.05) is 38.1 Å². The van der Waals surface area contributed by atoms with Crippen LogP contribution in [0.2, 0.25) is 0 Å². The molecule has 1 saturated heterocycles. The monoisotopic (exact) mass is 481 g/mol. The number of thiazole rings is 1. The molecule has 2 heterocycles. The molecule has 1 aliphatic rings. The van der Waals surface area contributed by atoms with E-state index in [1.54, 1.807) is 16.2 Å². The Bertz CT molecular complexity index is 558. The van der Waals surface area contributed by atoms with Gasteiger partial charge in [-0.2, -0.15) is 0 Å². The number of hydrogen-bond acceptors (Lipinski definition) is 5. The Kier molecular flexibility index (Phi) is 10.1. The molecule has 142 valence electrons. The van der Waals surface area contributed by atoms with Crippen LogP contribution in [-0.2, 0) is 17.7 Å². The normalized spacial score (nSPS) is 14.9. The number of aromatic nitrogens is 1. The number of piperazine rings is 1. The Balaban J connectivity index is 0.00000312. The lowest BCUT2D eigenvalue weighted by atomic mass is 10.3. The predicted octanol–water partition coefficient (Wildman–Crippen LogP) is 2.56. The summed E-state index contributed by atoms with van der Waals surface area (Å²) in [5.74, 6) is 0.882. The number of nitrogens with zero attached hydrogens (tertiary/aromatic N) is 4. The molecule has 0 bridgehead atoms. The van der Waals surface area contributed by atoms with Crippen LogP contribution in [0.15, 0.2) is 10.4 Å². The van der Waals surface area contributed by atoms with Crippen LogP contribution in [0.5, 0.6) is 0 Å². The fourth-order valence-corrected chi connectivity index (χ4v) is 3.22. The largest absolute Gasteiger partial charge is 0.450 e. The molecule has 0 unspecified atom stereocenters. The maximum Gasteiger partial charge on any atom is 0.409 e. The fourth-order valence-electron chi connectivity index (χ4n) is 2.48. The highest BCUT2D eigenvalue weighted by molar-refractivity contribution is 14.0. The molecule has 2 rings (SSSR count). The van der Waals surface area contributed by atoms with E-state index in [-0.39, 0.29) is 30.1 Å². The van der Waals surface area contributed by atoms with Gasteiger partial charge < -0.3 is 19.9 Å². The Labute approximate surface area is 170 Å². The van der Waals surface area contributed by atoms with Crippen LogP contribution < -0.4 is 5.32 Å². The van der Waals surface area contributed by atoms with Crippen molar-refractivity contribution in [3.8, 4) is 0 Å². The third-order valence-electron chi connectivity index (χ3n) is 3.73. The van der Waals surface area contributed by atoms with Gasteiger partial charge in [-0.3, -0.25) is 0 Å². The number of halogens is 1. The van der Waals surface area contributed by atoms with E-state index in [0.717, 1.165) is 42.7 Å². The third kappa shape index (κ3) is 6.61. The summed E-state index contributed by atoms with van der Waals surface area (Å²) in [7, 11) is 0. The zero-order chi connectivity index (χ0) is 17.4. The molecule has 0 saturated carbocycles. The standard InChI is InChI=1S/C16H27N5O2S.HI/c1-4-14-19-13(12-24-14)11-18-15(17-5-2)20-7-9-21(10-8-20)16(22)23-6-3;/h12H,4-11H2,1-3H3,(H,17,18);1H. The van der Waals surface area contributed by atoms with Gasteiger partial charge in [-0.05, 0) is 20.3 Å². The van der Waals surface area contributed by atoms with Crippen molar-refractivity contribution in [1.82, 2.24) is 20.1 Å². The van der Waals surface area contributed by atoms with Crippen molar-refractivity contribution in [1.29, 1.82) is 0 Å². The summed E-state index contributed by atoms with van der Waals surface area (Å²) >= 11 is 1.69. The fraction of sp³-hybridized carbons (Fsp3) is 0.688. The molecule has 0 radical (unpaired) electrons. The van der Waals surface area contributed by atoms with E-state index in [2.05, 4.69) is 34.4 Å². The highest BCUT2D eigenvalue weighted by Crippen LogP contribution is 2.11. The van der Waals surface area contributed by atoms with Gasteiger partial charge in [0.25, 0.3) is 0 Å². The highest BCUT2D eigenvalue weighted by atomic mass is 127. The van der Waals surface area contributed by atoms with Crippen LogP contribution in [-0.4, -0.2) is 66.2 Å². The summed E-state index contributed by atoms with van der Waals surface area (Å²) in [6.45, 7) is 10.6. The summed E-state index contributed by atoms with van der Waals surface area (Å²) in [6.07, 6.45) is 0.734. The van der Waals surface area contributed by atoms with Crippen LogP contribution in [0.3, 0.4) is 0 Å². The first-order valence-corrected chi connectivity index (χ1v) is 9.44. The molecule has 1 aliphatic heterocycles. The molecule has 1 N–H and O–H groups in total. The minimum Gasteiger partial charge on any atom is -0.450 e. The van der Waals surface area contributed by atoms with Crippen molar-refractivity contribution in [3.63, 3.8) is 0 Å². The van der Waals surface area contributed by atoms with Gasteiger partial charge in [0.1, 0.15) is 0 Å². The summed E-state index contributed by atoms with van der Waals surface area (Å²) in [6, 6.07) is 0. The van der Waals surface area contributed by atoms with Gasteiger partial charge in [0.2, 0.25) is 0 Å². The molecular formula is C16H28IN5O2S. The van der Waals surface area contributed by atoms with E-state index in [9.17, 15) is 4.79 Å². The van der Waals surface area contributed by atoms with E-state index < -0.39 is 0 Å². The Morgan fingerprint density at radius 1 is 1.28 bits per heavy atom. The summed E-state index contributed by atoms with van der Waals surface area (Å²) in [5, 5.41) is 6.55. The first kappa shape index (κ1) is 21.9. The van der Waals surface area contributed by atoms with Crippen molar-refractivity contribution < 1.29 is 9.53 Å². The topological polar surface area (TPSA) is 70.1 Å². The first-order chi connectivity index (χ1) is 11.7. The zero-order valence-electron chi connectivity index (χ0n) is 15.2. The number of aryl methyl sites for hydroxylation is 1. The zero-order valence-corrected chi connectivity index (χ0v) is 18.3. The molecule has 0 spiro atoms. The molecular weight excluding hydrogens is 453 g/mol. The highest BCUT2D eigenvalue weighted by Gasteiger charge is 2.23. The number of aliphatic imine (C=N–C) groups is 1. The van der Waals surface area contributed by atoms with Crippen LogP contribution in [0.25, 0.3) is 0 Å². The second kappa shape index (κ2) is 11.5. The van der Waals surface area contributed by atoms with E-state index >= 15 is 0 Å². The molecule has 1 amide bonds. The van der Waals surface area contributed by atoms with Crippen molar-refractivity contribution in [2.45, 2.75) is 33.7 Å². The van der Waals surface area contributed by atoms with E-state index in [0.29, 0.717) is 26.2 Å². The van der Waals surface area contributed by atoms with Crippen molar-refractivity contribution >= 4 is 47.4 Å².